The van der Waals surface area contributed by atoms with E-state index in [4.69, 9.17) is 5.73 Å². The highest BCUT2D eigenvalue weighted by atomic mass is 14.9. The van der Waals surface area contributed by atoms with Crippen molar-refractivity contribution in [2.24, 2.45) is 29.4 Å². The van der Waals surface area contributed by atoms with E-state index in [0.29, 0.717) is 5.54 Å². The van der Waals surface area contributed by atoms with Crippen molar-refractivity contribution < 1.29 is 0 Å². The summed E-state index contributed by atoms with van der Waals surface area (Å²) < 4.78 is 0. The fourth-order valence-corrected chi connectivity index (χ4v) is 4.11. The molecule has 0 aromatic rings. The summed E-state index contributed by atoms with van der Waals surface area (Å²) in [5.41, 5.74) is 6.74. The normalized spacial score (nSPS) is 61.5. The molecule has 12 heavy (non-hydrogen) atoms. The Morgan fingerprint density at radius 2 is 2.25 bits per heavy atom. The molecule has 0 aromatic heterocycles. The summed E-state index contributed by atoms with van der Waals surface area (Å²) in [6.07, 6.45) is 6.95. The largest absolute Gasteiger partial charge is 0.325 e. The Morgan fingerprint density at radius 1 is 1.42 bits per heavy atom. The first-order valence-corrected chi connectivity index (χ1v) is 5.53. The predicted octanol–water partition coefficient (Wildman–Crippen LogP) is 2.16. The SMILES string of the molecule is CCC1CC2(N)CCC1C1CC12. The van der Waals surface area contributed by atoms with E-state index in [1.54, 1.807) is 0 Å². The van der Waals surface area contributed by atoms with Gasteiger partial charge in [0, 0.05) is 5.54 Å². The van der Waals surface area contributed by atoms with E-state index in [0.717, 1.165) is 23.7 Å². The van der Waals surface area contributed by atoms with Crippen LogP contribution in [0.3, 0.4) is 0 Å². The standard InChI is InChI=1S/C11H19N/c1-2-7-6-11(12)4-3-8(7)9-5-10(9)11/h7-10H,2-6,12H2,1H3. The molecule has 0 aromatic carbocycles. The summed E-state index contributed by atoms with van der Waals surface area (Å²) in [6.45, 7) is 2.34. The molecule has 68 valence electrons. The van der Waals surface area contributed by atoms with E-state index in [1.807, 2.05) is 0 Å². The average Bonchev–Trinajstić information content (AvgIpc) is 2.84. The minimum atomic E-state index is 0.292. The Labute approximate surface area is 74.7 Å². The first-order valence-electron chi connectivity index (χ1n) is 5.53. The van der Waals surface area contributed by atoms with E-state index in [2.05, 4.69) is 6.92 Å². The summed E-state index contributed by atoms with van der Waals surface area (Å²) in [5, 5.41) is 0. The molecule has 0 saturated heterocycles. The number of fused-ring (bicyclic) bond motifs is 2. The molecule has 0 spiro atoms. The fourth-order valence-electron chi connectivity index (χ4n) is 4.11. The van der Waals surface area contributed by atoms with Crippen molar-refractivity contribution in [3.63, 3.8) is 0 Å². The molecule has 2 N–H and O–H groups in total. The molecule has 0 heterocycles. The number of hydrogen-bond donors (Lipinski definition) is 1. The third kappa shape index (κ3) is 0.736. The molecule has 4 rings (SSSR count). The molecule has 2 bridgehead atoms. The lowest BCUT2D eigenvalue weighted by Gasteiger charge is -2.48. The van der Waals surface area contributed by atoms with Crippen LogP contribution in [0.15, 0.2) is 0 Å². The number of nitrogens with two attached hydrogens (primary N) is 1. The summed E-state index contributed by atoms with van der Waals surface area (Å²) in [7, 11) is 0. The van der Waals surface area contributed by atoms with Gasteiger partial charge in [-0.05, 0) is 49.4 Å². The van der Waals surface area contributed by atoms with Gasteiger partial charge in [0.05, 0.1) is 0 Å². The third-order valence-electron chi connectivity index (χ3n) is 4.84. The minimum Gasteiger partial charge on any atom is -0.325 e. The highest BCUT2D eigenvalue weighted by Gasteiger charge is 2.62. The summed E-state index contributed by atoms with van der Waals surface area (Å²) >= 11 is 0. The van der Waals surface area contributed by atoms with E-state index in [-0.39, 0.29) is 0 Å². The summed E-state index contributed by atoms with van der Waals surface area (Å²) in [5.74, 6) is 4.06. The van der Waals surface area contributed by atoms with Crippen molar-refractivity contribution in [2.75, 3.05) is 0 Å². The van der Waals surface area contributed by atoms with E-state index >= 15 is 0 Å². The van der Waals surface area contributed by atoms with Crippen molar-refractivity contribution in [3.8, 4) is 0 Å². The Bertz CT molecular complexity index is 213. The molecule has 5 unspecified atom stereocenters. The topological polar surface area (TPSA) is 26.0 Å². The maximum absolute atomic E-state index is 6.45. The lowest BCUT2D eigenvalue weighted by atomic mass is 9.60. The number of hydrogen-bond acceptors (Lipinski definition) is 1. The van der Waals surface area contributed by atoms with Gasteiger partial charge in [0.15, 0.2) is 0 Å². The number of rotatable bonds is 1. The summed E-state index contributed by atoms with van der Waals surface area (Å²) in [4.78, 5) is 0. The van der Waals surface area contributed by atoms with Gasteiger partial charge < -0.3 is 5.73 Å². The minimum absolute atomic E-state index is 0.292. The van der Waals surface area contributed by atoms with Crippen LogP contribution < -0.4 is 5.73 Å². The molecular weight excluding hydrogens is 146 g/mol. The lowest BCUT2D eigenvalue weighted by molar-refractivity contribution is 0.0596. The first kappa shape index (κ1) is 7.37. The van der Waals surface area contributed by atoms with E-state index in [1.165, 1.54) is 32.1 Å². The molecule has 4 aliphatic carbocycles. The predicted molar refractivity (Wildman–Crippen MR) is 49.6 cm³/mol. The second kappa shape index (κ2) is 2.06. The van der Waals surface area contributed by atoms with Crippen LogP contribution in [0.1, 0.15) is 39.0 Å². The molecule has 1 heteroatoms. The highest BCUT2D eigenvalue weighted by Crippen LogP contribution is 2.65. The highest BCUT2D eigenvalue weighted by molar-refractivity contribution is 5.15. The maximum atomic E-state index is 6.45. The van der Waals surface area contributed by atoms with Crippen molar-refractivity contribution in [2.45, 2.75) is 44.6 Å². The Hall–Kier alpha value is -0.0400. The van der Waals surface area contributed by atoms with Gasteiger partial charge in [-0.15, -0.1) is 0 Å². The zero-order chi connectivity index (χ0) is 8.34. The maximum Gasteiger partial charge on any atom is 0.0188 e. The molecule has 0 aliphatic heterocycles. The van der Waals surface area contributed by atoms with Gasteiger partial charge >= 0.3 is 0 Å². The molecule has 0 amide bonds. The van der Waals surface area contributed by atoms with Crippen LogP contribution in [0.2, 0.25) is 0 Å². The zero-order valence-corrected chi connectivity index (χ0v) is 7.92. The molecule has 1 nitrogen and oxygen atoms in total. The van der Waals surface area contributed by atoms with Crippen molar-refractivity contribution in [1.29, 1.82) is 0 Å². The van der Waals surface area contributed by atoms with Crippen LogP contribution in [0.4, 0.5) is 0 Å². The van der Waals surface area contributed by atoms with E-state index in [9.17, 15) is 0 Å². The monoisotopic (exact) mass is 165 g/mol. The molecule has 4 aliphatic rings. The average molecular weight is 165 g/mol. The van der Waals surface area contributed by atoms with Crippen LogP contribution in [0.25, 0.3) is 0 Å². The molecule has 0 radical (unpaired) electrons. The van der Waals surface area contributed by atoms with E-state index < -0.39 is 0 Å². The van der Waals surface area contributed by atoms with Crippen LogP contribution in [0.5, 0.6) is 0 Å². The van der Waals surface area contributed by atoms with Gasteiger partial charge in [-0.2, -0.15) is 0 Å². The molecule has 4 fully saturated rings. The zero-order valence-electron chi connectivity index (χ0n) is 7.92. The molecule has 5 atom stereocenters. The Kier molecular flexibility index (Phi) is 1.27. The molecule has 4 saturated carbocycles. The van der Waals surface area contributed by atoms with Crippen LogP contribution >= 0.6 is 0 Å². The van der Waals surface area contributed by atoms with Gasteiger partial charge in [0.25, 0.3) is 0 Å². The van der Waals surface area contributed by atoms with Gasteiger partial charge in [0.1, 0.15) is 0 Å². The van der Waals surface area contributed by atoms with Gasteiger partial charge in [0.2, 0.25) is 0 Å². The first-order chi connectivity index (χ1) is 5.74. The van der Waals surface area contributed by atoms with Crippen LogP contribution in [-0.4, -0.2) is 5.54 Å². The quantitative estimate of drug-likeness (QED) is 0.633. The second-order valence-corrected chi connectivity index (χ2v) is 5.31. The van der Waals surface area contributed by atoms with Gasteiger partial charge in [-0.25, -0.2) is 0 Å². The van der Waals surface area contributed by atoms with Crippen LogP contribution in [0, 0.1) is 23.7 Å². The van der Waals surface area contributed by atoms with Gasteiger partial charge in [-0.3, -0.25) is 0 Å². The Balaban J connectivity index is 1.91. The van der Waals surface area contributed by atoms with Crippen molar-refractivity contribution in [3.05, 3.63) is 0 Å². The third-order valence-corrected chi connectivity index (χ3v) is 4.84. The van der Waals surface area contributed by atoms with Crippen molar-refractivity contribution >= 4 is 0 Å². The van der Waals surface area contributed by atoms with Gasteiger partial charge in [-0.1, -0.05) is 13.3 Å². The second-order valence-electron chi connectivity index (χ2n) is 5.31. The Morgan fingerprint density at radius 3 is 2.92 bits per heavy atom. The molecular formula is C11H19N. The van der Waals surface area contributed by atoms with Crippen molar-refractivity contribution in [1.82, 2.24) is 0 Å². The fraction of sp³-hybridized carbons (Fsp3) is 1.00. The lowest BCUT2D eigenvalue weighted by Crippen LogP contribution is -2.53. The summed E-state index contributed by atoms with van der Waals surface area (Å²) in [6, 6.07) is 0. The van der Waals surface area contributed by atoms with Crippen LogP contribution in [-0.2, 0) is 0 Å². The smallest absolute Gasteiger partial charge is 0.0188 e.